The van der Waals surface area contributed by atoms with Gasteiger partial charge in [0.25, 0.3) is 0 Å². The molecule has 0 saturated heterocycles. The maximum absolute atomic E-state index is 13.8. The summed E-state index contributed by atoms with van der Waals surface area (Å²) < 4.78 is 28.7. The van der Waals surface area contributed by atoms with E-state index in [2.05, 4.69) is 20.8 Å². The minimum atomic E-state index is -4.08. The van der Waals surface area contributed by atoms with Gasteiger partial charge in [-0.15, -0.1) is 0 Å². The largest absolute Gasteiger partial charge is 0.465 e. The molecule has 3 aromatic carbocycles. The molecule has 6 N–H and O–H groups in total. The average Bonchev–Trinajstić information content (AvgIpc) is 3.43. The Bertz CT molecular complexity index is 1740. The van der Waals surface area contributed by atoms with Crippen LogP contribution >= 0.6 is 0 Å². The number of nitrogens with one attached hydrogen (secondary N) is 3. The normalized spacial score (nSPS) is 14.0. The number of sulfonamides is 1. The van der Waals surface area contributed by atoms with Crippen LogP contribution in [0.25, 0.3) is 10.9 Å². The Hall–Kier alpha value is -4.72. The van der Waals surface area contributed by atoms with Gasteiger partial charge >= 0.3 is 6.09 Å². The van der Waals surface area contributed by atoms with Crippen LogP contribution in [0.2, 0.25) is 0 Å². The van der Waals surface area contributed by atoms with Crippen LogP contribution in [-0.2, 0) is 27.7 Å². The molecule has 3 atom stereocenters. The van der Waals surface area contributed by atoms with Crippen molar-refractivity contribution in [1.82, 2.24) is 19.9 Å². The Labute approximate surface area is 267 Å². The van der Waals surface area contributed by atoms with E-state index in [1.165, 1.54) is 34.8 Å². The standard InChI is InChI=1S/C33H39N5O7S/c1-22(2)20-38(46(44,45)26-14-12-24(13-15-26)18-35-43)21-31(39)29(16-23-8-4-3-5-9-23)36-32(40)30(37-33(41)42)17-25-19-34-28-11-7-6-10-27(25)28/h3-15,18-19,22,29-31,34,37,39,43H,16-17,20-21H2,1-2H3,(H,36,40)(H,41,42)/t29-,30-,31+/m0/s1. The second kappa shape index (κ2) is 15.5. The lowest BCUT2D eigenvalue weighted by Gasteiger charge is -2.31. The van der Waals surface area contributed by atoms with E-state index in [0.29, 0.717) is 5.56 Å². The van der Waals surface area contributed by atoms with E-state index in [0.717, 1.165) is 22.0 Å². The molecule has 0 fully saturated rings. The second-order valence-corrected chi connectivity index (χ2v) is 13.4. The summed E-state index contributed by atoms with van der Waals surface area (Å²) in [5, 5.41) is 38.8. The van der Waals surface area contributed by atoms with Crippen LogP contribution in [0.4, 0.5) is 4.79 Å². The molecule has 12 nitrogen and oxygen atoms in total. The zero-order valence-electron chi connectivity index (χ0n) is 25.6. The van der Waals surface area contributed by atoms with Crippen LogP contribution in [0.3, 0.4) is 0 Å². The number of hydrogen-bond donors (Lipinski definition) is 6. The second-order valence-electron chi connectivity index (χ2n) is 11.5. The highest BCUT2D eigenvalue weighted by Crippen LogP contribution is 2.21. The van der Waals surface area contributed by atoms with Crippen molar-refractivity contribution >= 4 is 39.1 Å². The SMILES string of the molecule is CC(C)CN(C[C@@H](O)[C@H](Cc1ccccc1)NC(=O)[C@H](Cc1c[nH]c2ccccc12)NC(=O)O)S(=O)(=O)c1ccc(C=NO)cc1. The van der Waals surface area contributed by atoms with Crippen LogP contribution in [-0.4, -0.2) is 82.6 Å². The summed E-state index contributed by atoms with van der Waals surface area (Å²) in [6.07, 6.45) is 0.353. The first-order valence-electron chi connectivity index (χ1n) is 14.8. The highest BCUT2D eigenvalue weighted by molar-refractivity contribution is 7.89. The third-order valence-electron chi connectivity index (χ3n) is 7.49. The Kier molecular flexibility index (Phi) is 11.5. The van der Waals surface area contributed by atoms with Gasteiger partial charge < -0.3 is 31.0 Å². The van der Waals surface area contributed by atoms with E-state index in [4.69, 9.17) is 5.21 Å². The first kappa shape index (κ1) is 34.2. The minimum Gasteiger partial charge on any atom is -0.465 e. The third kappa shape index (κ3) is 8.93. The number of aliphatic hydroxyl groups excluding tert-OH is 1. The summed E-state index contributed by atoms with van der Waals surface area (Å²) in [6, 6.07) is 20.2. The molecule has 4 aromatic rings. The summed E-state index contributed by atoms with van der Waals surface area (Å²) in [7, 11) is -4.08. The predicted molar refractivity (Wildman–Crippen MR) is 174 cm³/mol. The Morgan fingerprint density at radius 3 is 2.26 bits per heavy atom. The highest BCUT2D eigenvalue weighted by atomic mass is 32.2. The average molecular weight is 650 g/mol. The molecule has 244 valence electrons. The summed E-state index contributed by atoms with van der Waals surface area (Å²) in [5.74, 6) is -0.752. The van der Waals surface area contributed by atoms with Crippen LogP contribution in [0.15, 0.2) is 95.1 Å². The van der Waals surface area contributed by atoms with Gasteiger partial charge in [0.05, 0.1) is 23.3 Å². The molecule has 4 rings (SSSR count). The number of amides is 2. The number of carbonyl (C=O) groups is 2. The number of aromatic amines is 1. The first-order chi connectivity index (χ1) is 22.0. The number of carboxylic acid groups (broad SMARTS) is 1. The summed E-state index contributed by atoms with van der Waals surface area (Å²) in [5.41, 5.74) is 2.85. The van der Waals surface area contributed by atoms with E-state index >= 15 is 0 Å². The van der Waals surface area contributed by atoms with Gasteiger partial charge in [-0.2, -0.15) is 4.31 Å². The molecule has 13 heteroatoms. The topological polar surface area (TPSA) is 184 Å². The number of para-hydroxylation sites is 1. The summed E-state index contributed by atoms with van der Waals surface area (Å²) in [6.45, 7) is 3.46. The van der Waals surface area contributed by atoms with Crippen molar-refractivity contribution in [2.24, 2.45) is 11.1 Å². The van der Waals surface area contributed by atoms with Crippen LogP contribution < -0.4 is 10.6 Å². The Morgan fingerprint density at radius 1 is 0.935 bits per heavy atom. The molecule has 2 amide bonds. The van der Waals surface area contributed by atoms with Gasteiger partial charge in [0.1, 0.15) is 6.04 Å². The number of fused-ring (bicyclic) bond motifs is 1. The minimum absolute atomic E-state index is 0.0106. The molecule has 0 aliphatic heterocycles. The maximum atomic E-state index is 13.8. The van der Waals surface area contributed by atoms with Crippen LogP contribution in [0.5, 0.6) is 0 Å². The molecular weight excluding hydrogens is 610 g/mol. The quantitative estimate of drug-likeness (QED) is 0.0646. The van der Waals surface area contributed by atoms with Crippen molar-refractivity contribution in [3.05, 3.63) is 102 Å². The number of H-pyrrole nitrogens is 1. The Balaban J connectivity index is 1.61. The van der Waals surface area contributed by atoms with Gasteiger partial charge in [0.2, 0.25) is 15.9 Å². The number of aliphatic hydroxyl groups is 1. The van der Waals surface area contributed by atoms with Gasteiger partial charge in [0.15, 0.2) is 0 Å². The molecule has 0 aliphatic carbocycles. The molecule has 46 heavy (non-hydrogen) atoms. The molecule has 0 aliphatic rings. The number of benzene rings is 3. The molecule has 0 saturated carbocycles. The molecule has 0 radical (unpaired) electrons. The van der Waals surface area contributed by atoms with E-state index in [-0.39, 0.29) is 36.7 Å². The fourth-order valence-corrected chi connectivity index (χ4v) is 6.89. The smallest absolute Gasteiger partial charge is 0.405 e. The lowest BCUT2D eigenvalue weighted by molar-refractivity contribution is -0.124. The third-order valence-corrected chi connectivity index (χ3v) is 9.33. The van der Waals surface area contributed by atoms with Crippen molar-refractivity contribution in [2.45, 2.75) is 49.8 Å². The summed E-state index contributed by atoms with van der Waals surface area (Å²) in [4.78, 5) is 28.5. The van der Waals surface area contributed by atoms with Crippen LogP contribution in [0.1, 0.15) is 30.5 Å². The number of rotatable bonds is 15. The van der Waals surface area contributed by atoms with Crippen molar-refractivity contribution < 1.29 is 33.4 Å². The van der Waals surface area contributed by atoms with Gasteiger partial charge in [-0.25, -0.2) is 13.2 Å². The van der Waals surface area contributed by atoms with E-state index in [1.807, 2.05) is 68.4 Å². The number of oxime groups is 1. The zero-order valence-corrected chi connectivity index (χ0v) is 26.4. The van der Waals surface area contributed by atoms with Gasteiger partial charge in [-0.1, -0.05) is 79.7 Å². The maximum Gasteiger partial charge on any atom is 0.405 e. The molecule has 1 aromatic heterocycles. The van der Waals surface area contributed by atoms with E-state index in [9.17, 15) is 28.2 Å². The number of carbonyl (C=O) groups excluding carboxylic acids is 1. The molecule has 0 bridgehead atoms. The Morgan fingerprint density at radius 2 is 1.61 bits per heavy atom. The van der Waals surface area contributed by atoms with Gasteiger partial charge in [0, 0.05) is 36.6 Å². The van der Waals surface area contributed by atoms with Gasteiger partial charge in [-0.3, -0.25) is 4.79 Å². The van der Waals surface area contributed by atoms with Gasteiger partial charge in [-0.05, 0) is 47.2 Å². The number of hydrogen-bond acceptors (Lipinski definition) is 7. The fraction of sp³-hybridized carbons (Fsp3) is 0.303. The first-order valence-corrected chi connectivity index (χ1v) is 16.3. The lowest BCUT2D eigenvalue weighted by Crippen LogP contribution is -2.56. The molecular formula is C33H39N5O7S. The zero-order chi connectivity index (χ0) is 33.3. The van der Waals surface area contributed by atoms with E-state index in [1.54, 1.807) is 6.20 Å². The van der Waals surface area contributed by atoms with Crippen molar-refractivity contribution in [3.63, 3.8) is 0 Å². The monoisotopic (exact) mass is 649 g/mol. The van der Waals surface area contributed by atoms with E-state index < -0.39 is 40.2 Å². The van der Waals surface area contributed by atoms with Crippen molar-refractivity contribution in [1.29, 1.82) is 0 Å². The summed E-state index contributed by atoms with van der Waals surface area (Å²) >= 11 is 0. The number of aromatic nitrogens is 1. The lowest BCUT2D eigenvalue weighted by atomic mass is 9.99. The van der Waals surface area contributed by atoms with Crippen molar-refractivity contribution in [3.8, 4) is 0 Å². The van der Waals surface area contributed by atoms with Crippen molar-refractivity contribution in [2.75, 3.05) is 13.1 Å². The fourth-order valence-electron chi connectivity index (χ4n) is 5.27. The van der Waals surface area contributed by atoms with Crippen LogP contribution in [0, 0.1) is 5.92 Å². The highest BCUT2D eigenvalue weighted by Gasteiger charge is 2.33. The predicted octanol–water partition coefficient (Wildman–Crippen LogP) is 3.59. The number of nitrogens with zero attached hydrogens (tertiary/aromatic N) is 2. The molecule has 0 spiro atoms. The molecule has 0 unspecified atom stereocenters. The molecule has 1 heterocycles.